The van der Waals surface area contributed by atoms with Crippen LogP contribution in [0.2, 0.25) is 0 Å². The van der Waals surface area contributed by atoms with Crippen molar-refractivity contribution in [3.8, 4) is 0 Å². The molecule has 0 aliphatic heterocycles. The first-order chi connectivity index (χ1) is 6.17. The van der Waals surface area contributed by atoms with Gasteiger partial charge in [0.25, 0.3) is 0 Å². The summed E-state index contributed by atoms with van der Waals surface area (Å²) in [7, 11) is 0. The maximum absolute atomic E-state index is 11.5. The van der Waals surface area contributed by atoms with Crippen molar-refractivity contribution < 1.29 is 14.3 Å². The van der Waals surface area contributed by atoms with E-state index in [1.54, 1.807) is 13.8 Å². The number of ketones is 1. The Labute approximate surface area is 78.5 Å². The van der Waals surface area contributed by atoms with Crippen LogP contribution in [0, 0.1) is 5.41 Å². The molecule has 1 saturated carbocycles. The highest BCUT2D eigenvalue weighted by Crippen LogP contribution is 2.43. The van der Waals surface area contributed by atoms with Crippen molar-refractivity contribution in [2.24, 2.45) is 5.41 Å². The maximum Gasteiger partial charge on any atom is 0.319 e. The molecule has 0 aromatic rings. The molecule has 1 aliphatic carbocycles. The van der Waals surface area contributed by atoms with Crippen molar-refractivity contribution in [3.63, 3.8) is 0 Å². The Morgan fingerprint density at radius 3 is 2.23 bits per heavy atom. The smallest absolute Gasteiger partial charge is 0.319 e. The summed E-state index contributed by atoms with van der Waals surface area (Å²) in [6, 6.07) is 0. The Balaban J connectivity index is 2.69. The molecule has 0 heterocycles. The molecule has 0 bridgehead atoms. The lowest BCUT2D eigenvalue weighted by Gasteiger charge is -2.37. The first-order valence-electron chi connectivity index (χ1n) is 4.88. The van der Waals surface area contributed by atoms with Crippen LogP contribution >= 0.6 is 0 Å². The Hall–Kier alpha value is -0.860. The fourth-order valence-corrected chi connectivity index (χ4v) is 1.73. The number of carbonyl (C=O) groups is 2. The molecule has 0 radical (unpaired) electrons. The minimum absolute atomic E-state index is 0.0391. The third kappa shape index (κ3) is 1.60. The lowest BCUT2D eigenvalue weighted by Crippen LogP contribution is -2.46. The first kappa shape index (κ1) is 10.2. The van der Waals surface area contributed by atoms with Crippen LogP contribution in [-0.2, 0) is 14.3 Å². The van der Waals surface area contributed by atoms with Gasteiger partial charge in [-0.1, -0.05) is 13.3 Å². The average molecular weight is 184 g/mol. The third-order valence-electron chi connectivity index (χ3n) is 2.73. The second-order valence-corrected chi connectivity index (χ2v) is 3.43. The summed E-state index contributed by atoms with van der Waals surface area (Å²) in [6.07, 6.45) is 2.75. The zero-order valence-corrected chi connectivity index (χ0v) is 8.26. The van der Waals surface area contributed by atoms with Gasteiger partial charge in [0, 0.05) is 6.42 Å². The van der Waals surface area contributed by atoms with Crippen molar-refractivity contribution in [1.29, 1.82) is 0 Å². The van der Waals surface area contributed by atoms with E-state index in [1.807, 2.05) is 0 Å². The molecule has 0 amide bonds. The maximum atomic E-state index is 11.5. The second kappa shape index (κ2) is 3.90. The molecule has 3 nitrogen and oxygen atoms in total. The molecule has 13 heavy (non-hydrogen) atoms. The lowest BCUT2D eigenvalue weighted by molar-refractivity contribution is -0.166. The van der Waals surface area contributed by atoms with Crippen molar-refractivity contribution >= 4 is 11.8 Å². The van der Waals surface area contributed by atoms with Gasteiger partial charge >= 0.3 is 5.97 Å². The molecule has 1 aliphatic rings. The molecule has 74 valence electrons. The number of carbonyl (C=O) groups excluding carboxylic acids is 2. The van der Waals surface area contributed by atoms with E-state index in [-0.39, 0.29) is 11.8 Å². The molecule has 1 rings (SSSR count). The second-order valence-electron chi connectivity index (χ2n) is 3.43. The highest BCUT2D eigenvalue weighted by Gasteiger charge is 2.50. The zero-order chi connectivity index (χ0) is 9.90. The van der Waals surface area contributed by atoms with Gasteiger partial charge in [0.1, 0.15) is 11.2 Å². The topological polar surface area (TPSA) is 43.4 Å². The Kier molecular flexibility index (Phi) is 3.07. The largest absolute Gasteiger partial charge is 0.465 e. The van der Waals surface area contributed by atoms with Gasteiger partial charge < -0.3 is 4.74 Å². The quantitative estimate of drug-likeness (QED) is 0.493. The average Bonchev–Trinajstić information content (AvgIpc) is 2.02. The van der Waals surface area contributed by atoms with Gasteiger partial charge in [0.2, 0.25) is 0 Å². The molecule has 0 atom stereocenters. The highest BCUT2D eigenvalue weighted by atomic mass is 16.5. The lowest BCUT2D eigenvalue weighted by atomic mass is 9.65. The van der Waals surface area contributed by atoms with Crippen LogP contribution in [0.1, 0.15) is 39.5 Å². The molecule has 0 aromatic heterocycles. The third-order valence-corrected chi connectivity index (χ3v) is 2.73. The summed E-state index contributed by atoms with van der Waals surface area (Å²) in [5, 5.41) is 0. The van der Waals surface area contributed by atoms with Crippen LogP contribution in [-0.4, -0.2) is 18.4 Å². The van der Waals surface area contributed by atoms with Crippen LogP contribution in [0.4, 0.5) is 0 Å². The van der Waals surface area contributed by atoms with Gasteiger partial charge in [-0.05, 0) is 19.8 Å². The summed E-state index contributed by atoms with van der Waals surface area (Å²) in [6.45, 7) is 3.92. The van der Waals surface area contributed by atoms with Gasteiger partial charge in [-0.25, -0.2) is 0 Å². The molecule has 0 N–H and O–H groups in total. The highest BCUT2D eigenvalue weighted by molar-refractivity contribution is 6.04. The number of esters is 1. The van der Waals surface area contributed by atoms with Crippen LogP contribution < -0.4 is 0 Å². The summed E-state index contributed by atoms with van der Waals surface area (Å²) in [4.78, 5) is 23.0. The molecule has 0 spiro atoms. The molecule has 1 fully saturated rings. The number of rotatable bonds is 4. The molecule has 3 heteroatoms. The Bertz CT molecular complexity index is 216. The zero-order valence-electron chi connectivity index (χ0n) is 8.26. The van der Waals surface area contributed by atoms with E-state index in [0.717, 1.165) is 6.42 Å². The SMILES string of the molecule is CCOC(=O)C1(C(=O)CC)CCC1. The van der Waals surface area contributed by atoms with E-state index >= 15 is 0 Å². The Morgan fingerprint density at radius 2 is 1.92 bits per heavy atom. The predicted octanol–water partition coefficient (Wildman–Crippen LogP) is 1.70. The van der Waals surface area contributed by atoms with E-state index in [9.17, 15) is 9.59 Å². The van der Waals surface area contributed by atoms with Crippen LogP contribution in [0.25, 0.3) is 0 Å². The Morgan fingerprint density at radius 1 is 1.31 bits per heavy atom. The van der Waals surface area contributed by atoms with E-state index < -0.39 is 5.41 Å². The normalized spacial score (nSPS) is 18.9. The van der Waals surface area contributed by atoms with Gasteiger partial charge in [0.15, 0.2) is 0 Å². The molecule has 0 saturated heterocycles. The number of hydrogen-bond acceptors (Lipinski definition) is 3. The number of hydrogen-bond donors (Lipinski definition) is 0. The summed E-state index contributed by atoms with van der Waals surface area (Å²) >= 11 is 0. The van der Waals surface area contributed by atoms with Gasteiger partial charge in [-0.2, -0.15) is 0 Å². The van der Waals surface area contributed by atoms with Crippen LogP contribution in [0.5, 0.6) is 0 Å². The van der Waals surface area contributed by atoms with Gasteiger partial charge in [-0.3, -0.25) is 9.59 Å². The standard InChI is InChI=1S/C10H16O3/c1-3-8(11)10(6-5-7-10)9(12)13-4-2/h3-7H2,1-2H3. The predicted molar refractivity (Wildman–Crippen MR) is 48.2 cm³/mol. The van der Waals surface area contributed by atoms with Crippen LogP contribution in [0.3, 0.4) is 0 Å². The van der Waals surface area contributed by atoms with Crippen molar-refractivity contribution in [2.75, 3.05) is 6.61 Å². The van der Waals surface area contributed by atoms with E-state index in [0.29, 0.717) is 25.9 Å². The van der Waals surface area contributed by atoms with E-state index in [4.69, 9.17) is 4.74 Å². The van der Waals surface area contributed by atoms with Gasteiger partial charge in [0.05, 0.1) is 6.61 Å². The molecular weight excluding hydrogens is 168 g/mol. The minimum atomic E-state index is -0.759. The summed E-state index contributed by atoms with van der Waals surface area (Å²) in [5.41, 5.74) is -0.759. The minimum Gasteiger partial charge on any atom is -0.465 e. The number of ether oxygens (including phenoxy) is 1. The van der Waals surface area contributed by atoms with Crippen molar-refractivity contribution in [3.05, 3.63) is 0 Å². The molecular formula is C10H16O3. The van der Waals surface area contributed by atoms with Gasteiger partial charge in [-0.15, -0.1) is 0 Å². The molecule has 0 unspecified atom stereocenters. The summed E-state index contributed by atoms with van der Waals surface area (Å²) < 4.78 is 4.91. The monoisotopic (exact) mass is 184 g/mol. The van der Waals surface area contributed by atoms with Crippen LogP contribution in [0.15, 0.2) is 0 Å². The molecule has 0 aromatic carbocycles. The van der Waals surface area contributed by atoms with E-state index in [2.05, 4.69) is 0 Å². The van der Waals surface area contributed by atoms with Crippen molar-refractivity contribution in [1.82, 2.24) is 0 Å². The first-order valence-corrected chi connectivity index (χ1v) is 4.88. The summed E-state index contributed by atoms with van der Waals surface area (Å²) in [5.74, 6) is -0.273. The fourth-order valence-electron chi connectivity index (χ4n) is 1.73. The van der Waals surface area contributed by atoms with E-state index in [1.165, 1.54) is 0 Å². The van der Waals surface area contributed by atoms with Crippen molar-refractivity contribution in [2.45, 2.75) is 39.5 Å². The number of Topliss-reactive ketones (excluding diaryl/α,β-unsaturated/α-hetero) is 1. The fraction of sp³-hybridized carbons (Fsp3) is 0.800.